The average molecular weight is 354 g/mol. The lowest BCUT2D eigenvalue weighted by molar-refractivity contribution is -0.139. The summed E-state index contributed by atoms with van der Waals surface area (Å²) >= 11 is 0. The Labute approximate surface area is 154 Å². The molecule has 0 aromatic heterocycles. The number of ether oxygens (including phenoxy) is 2. The van der Waals surface area contributed by atoms with Gasteiger partial charge in [0.2, 0.25) is 0 Å². The normalized spacial score (nSPS) is 32.0. The van der Waals surface area contributed by atoms with Gasteiger partial charge in [0.05, 0.1) is 0 Å². The average Bonchev–Trinajstić information content (AvgIpc) is 2.90. The summed E-state index contributed by atoms with van der Waals surface area (Å²) in [6.45, 7) is 5.20. The van der Waals surface area contributed by atoms with Crippen molar-refractivity contribution in [3.63, 3.8) is 0 Å². The second kappa shape index (κ2) is 6.26. The molecule has 0 unspecified atom stereocenters. The molecule has 1 saturated carbocycles. The largest absolute Gasteiger partial charge is 0.431 e. The van der Waals surface area contributed by atoms with Crippen molar-refractivity contribution in [3.8, 4) is 5.75 Å². The Hall–Kier alpha value is -2.10. The first-order valence-corrected chi connectivity index (χ1v) is 9.59. The summed E-state index contributed by atoms with van der Waals surface area (Å²) in [5.41, 5.74) is 2.72. The van der Waals surface area contributed by atoms with Crippen LogP contribution in [0.3, 0.4) is 0 Å². The van der Waals surface area contributed by atoms with Crippen LogP contribution in [0.5, 0.6) is 5.75 Å². The summed E-state index contributed by atoms with van der Waals surface area (Å²) in [7, 11) is 0. The number of fused-ring (bicyclic) bond motifs is 5. The second-order valence-corrected chi connectivity index (χ2v) is 8.22. The van der Waals surface area contributed by atoms with Gasteiger partial charge in [-0.1, -0.05) is 13.0 Å². The first kappa shape index (κ1) is 17.3. The molecule has 0 aliphatic heterocycles. The summed E-state index contributed by atoms with van der Waals surface area (Å²) in [5, 5.41) is 0. The molecule has 0 spiro atoms. The fourth-order valence-corrected chi connectivity index (χ4v) is 5.63. The highest BCUT2D eigenvalue weighted by molar-refractivity contribution is 5.69. The van der Waals surface area contributed by atoms with Gasteiger partial charge in [0.1, 0.15) is 11.5 Å². The predicted molar refractivity (Wildman–Crippen MR) is 97.6 cm³/mol. The van der Waals surface area contributed by atoms with E-state index in [1.807, 2.05) is 12.1 Å². The summed E-state index contributed by atoms with van der Waals surface area (Å²) < 4.78 is 10.8. The number of benzene rings is 1. The van der Waals surface area contributed by atoms with Crippen molar-refractivity contribution in [2.75, 3.05) is 0 Å². The van der Waals surface area contributed by atoms with Crippen LogP contribution < -0.4 is 4.74 Å². The molecule has 1 fully saturated rings. The van der Waals surface area contributed by atoms with Crippen molar-refractivity contribution in [1.82, 2.24) is 0 Å². The number of carbonyl (C=O) groups is 2. The van der Waals surface area contributed by atoms with Crippen LogP contribution in [0.2, 0.25) is 0 Å². The molecule has 1 aromatic carbocycles. The van der Waals surface area contributed by atoms with Crippen molar-refractivity contribution >= 4 is 11.9 Å². The Morgan fingerprint density at radius 1 is 1.12 bits per heavy atom. The monoisotopic (exact) mass is 354 g/mol. The van der Waals surface area contributed by atoms with Crippen molar-refractivity contribution in [2.45, 2.75) is 58.8 Å². The number of allylic oxidation sites excluding steroid dienone is 2. The molecule has 4 rings (SSSR count). The van der Waals surface area contributed by atoms with Crippen molar-refractivity contribution in [2.24, 2.45) is 17.3 Å². The van der Waals surface area contributed by atoms with Gasteiger partial charge in [-0.05, 0) is 79.2 Å². The van der Waals surface area contributed by atoms with Crippen LogP contribution >= 0.6 is 0 Å². The molecule has 0 saturated heterocycles. The first-order chi connectivity index (χ1) is 12.4. The van der Waals surface area contributed by atoms with Crippen LogP contribution in [-0.2, 0) is 20.7 Å². The Balaban J connectivity index is 1.59. The van der Waals surface area contributed by atoms with Gasteiger partial charge in [0.15, 0.2) is 0 Å². The Kier molecular flexibility index (Phi) is 4.17. The third-order valence-corrected chi connectivity index (χ3v) is 6.72. The number of carbonyl (C=O) groups excluding carboxylic acids is 2. The lowest BCUT2D eigenvalue weighted by Gasteiger charge is -2.49. The van der Waals surface area contributed by atoms with E-state index in [0.29, 0.717) is 23.5 Å². The lowest BCUT2D eigenvalue weighted by Crippen LogP contribution is -2.41. The number of aryl methyl sites for hydroxylation is 1. The van der Waals surface area contributed by atoms with Crippen molar-refractivity contribution in [3.05, 3.63) is 41.2 Å². The Morgan fingerprint density at radius 2 is 1.88 bits per heavy atom. The third-order valence-electron chi connectivity index (χ3n) is 6.72. The van der Waals surface area contributed by atoms with Crippen molar-refractivity contribution < 1.29 is 19.1 Å². The summed E-state index contributed by atoms with van der Waals surface area (Å²) in [6.07, 6.45) is 7.46. The fraction of sp³-hybridized carbons (Fsp3) is 0.545. The first-order valence-electron chi connectivity index (χ1n) is 9.59. The molecule has 4 heteroatoms. The van der Waals surface area contributed by atoms with Gasteiger partial charge in [-0.15, -0.1) is 0 Å². The molecule has 0 amide bonds. The summed E-state index contributed by atoms with van der Waals surface area (Å²) in [4.78, 5) is 22.7. The highest BCUT2D eigenvalue weighted by atomic mass is 16.5. The van der Waals surface area contributed by atoms with Gasteiger partial charge < -0.3 is 9.47 Å². The van der Waals surface area contributed by atoms with Crippen LogP contribution in [0.1, 0.15) is 63.5 Å². The third kappa shape index (κ3) is 2.76. The molecule has 3 aliphatic rings. The number of rotatable bonds is 2. The highest BCUT2D eigenvalue weighted by Crippen LogP contribution is 2.61. The zero-order valence-electron chi connectivity index (χ0n) is 15.7. The molecule has 4 nitrogen and oxygen atoms in total. The minimum absolute atomic E-state index is 0.0119. The maximum absolute atomic E-state index is 11.5. The molecule has 138 valence electrons. The Morgan fingerprint density at radius 3 is 2.62 bits per heavy atom. The molecule has 4 atom stereocenters. The second-order valence-electron chi connectivity index (χ2n) is 8.22. The van der Waals surface area contributed by atoms with Gasteiger partial charge in [-0.3, -0.25) is 9.59 Å². The van der Waals surface area contributed by atoms with Crippen LogP contribution in [0.25, 0.3) is 0 Å². The number of esters is 2. The standard InChI is InChI=1S/C22H26O4/c1-13(23)25-16-5-7-17-15(12-16)4-6-19-18(17)10-11-22(3)20(19)8-9-21(22)26-14(2)24/h5,7,9,12,18-20H,4,6,8,10-11H2,1-3H3/t18-,19+,20+,22+/m0/s1. The molecule has 3 aliphatic carbocycles. The molecule has 1 aromatic rings. The minimum atomic E-state index is -0.276. The molecule has 0 N–H and O–H groups in total. The smallest absolute Gasteiger partial charge is 0.308 e. The summed E-state index contributed by atoms with van der Waals surface area (Å²) in [6, 6.07) is 6.12. The molecule has 0 bridgehead atoms. The molecule has 0 heterocycles. The quantitative estimate of drug-likeness (QED) is 0.578. The lowest BCUT2D eigenvalue weighted by atomic mass is 9.55. The topological polar surface area (TPSA) is 52.6 Å². The Bertz CT molecular complexity index is 793. The van der Waals surface area contributed by atoms with Gasteiger partial charge in [-0.2, -0.15) is 0 Å². The van der Waals surface area contributed by atoms with Gasteiger partial charge in [-0.25, -0.2) is 0 Å². The van der Waals surface area contributed by atoms with Crippen molar-refractivity contribution in [1.29, 1.82) is 0 Å². The van der Waals surface area contributed by atoms with Gasteiger partial charge in [0, 0.05) is 19.3 Å². The maximum Gasteiger partial charge on any atom is 0.308 e. The van der Waals surface area contributed by atoms with Crippen LogP contribution in [0.4, 0.5) is 0 Å². The van der Waals surface area contributed by atoms with Gasteiger partial charge >= 0.3 is 11.9 Å². The van der Waals surface area contributed by atoms with Crippen LogP contribution in [0.15, 0.2) is 30.0 Å². The SMILES string of the molecule is CC(=O)OC1=CC[C@@H]2[C@@H]3CCc4cc(OC(C)=O)ccc4[C@@H]3CC[C@@]12C. The van der Waals surface area contributed by atoms with Crippen LogP contribution in [0, 0.1) is 17.3 Å². The molecule has 0 radical (unpaired) electrons. The van der Waals surface area contributed by atoms with E-state index in [1.54, 1.807) is 0 Å². The fourth-order valence-electron chi connectivity index (χ4n) is 5.63. The van der Waals surface area contributed by atoms with E-state index in [1.165, 1.54) is 25.0 Å². The highest BCUT2D eigenvalue weighted by Gasteiger charge is 2.53. The van der Waals surface area contributed by atoms with E-state index in [2.05, 4.69) is 19.1 Å². The maximum atomic E-state index is 11.5. The van der Waals surface area contributed by atoms with Crippen LogP contribution in [-0.4, -0.2) is 11.9 Å². The zero-order valence-corrected chi connectivity index (χ0v) is 15.7. The van der Waals surface area contributed by atoms with E-state index in [-0.39, 0.29) is 17.4 Å². The van der Waals surface area contributed by atoms with E-state index < -0.39 is 0 Å². The van der Waals surface area contributed by atoms with E-state index >= 15 is 0 Å². The predicted octanol–water partition coefficient (Wildman–Crippen LogP) is 4.52. The van der Waals surface area contributed by atoms with E-state index in [9.17, 15) is 9.59 Å². The molecule has 26 heavy (non-hydrogen) atoms. The number of hydrogen-bond acceptors (Lipinski definition) is 4. The molecular weight excluding hydrogens is 328 g/mol. The minimum Gasteiger partial charge on any atom is -0.431 e. The number of hydrogen-bond donors (Lipinski definition) is 0. The summed E-state index contributed by atoms with van der Waals surface area (Å²) in [5.74, 6) is 2.75. The molecular formula is C22H26O4. The van der Waals surface area contributed by atoms with E-state index in [4.69, 9.17) is 9.47 Å². The van der Waals surface area contributed by atoms with Gasteiger partial charge in [0.25, 0.3) is 0 Å². The zero-order chi connectivity index (χ0) is 18.5. The van der Waals surface area contributed by atoms with E-state index in [0.717, 1.165) is 37.9 Å².